The first kappa shape index (κ1) is 13.4. The monoisotopic (exact) mass is 329 g/mol. The lowest BCUT2D eigenvalue weighted by Gasteiger charge is -2.02. The molecule has 0 aliphatic heterocycles. The van der Waals surface area contributed by atoms with Crippen LogP contribution in [0.2, 0.25) is 0 Å². The van der Waals surface area contributed by atoms with E-state index in [-0.39, 0.29) is 5.56 Å². The molecule has 0 aliphatic carbocycles. The minimum Gasteiger partial charge on any atom is -0.267 e. The molecular weight excluding hydrogens is 318 g/mol. The zero-order valence-electron chi connectivity index (χ0n) is 12.5. The van der Waals surface area contributed by atoms with Crippen molar-refractivity contribution in [3.63, 3.8) is 0 Å². The van der Waals surface area contributed by atoms with Crippen LogP contribution < -0.4 is 5.56 Å². The molecule has 4 nitrogen and oxygen atoms in total. The van der Waals surface area contributed by atoms with Gasteiger partial charge in [0.05, 0.1) is 10.9 Å². The molecule has 2 aromatic heterocycles. The SMILES string of the molecule is O=c1c2ccccc2nc2sc(-c3cccc4ccccc34)nn12. The molecule has 3 aromatic carbocycles. The summed E-state index contributed by atoms with van der Waals surface area (Å²) in [7, 11) is 0. The average molecular weight is 329 g/mol. The first-order chi connectivity index (χ1) is 11.8. The van der Waals surface area contributed by atoms with E-state index < -0.39 is 0 Å². The van der Waals surface area contributed by atoms with Crippen LogP contribution in [0.1, 0.15) is 0 Å². The Kier molecular flexibility index (Phi) is 2.78. The van der Waals surface area contributed by atoms with E-state index in [9.17, 15) is 4.79 Å². The van der Waals surface area contributed by atoms with Gasteiger partial charge >= 0.3 is 0 Å². The Balaban J connectivity index is 1.86. The van der Waals surface area contributed by atoms with Crippen molar-refractivity contribution in [1.82, 2.24) is 14.6 Å². The zero-order chi connectivity index (χ0) is 16.1. The molecule has 0 radical (unpaired) electrons. The number of fused-ring (bicyclic) bond motifs is 3. The van der Waals surface area contributed by atoms with Crippen molar-refractivity contribution in [3.8, 4) is 10.6 Å². The third-order valence-electron chi connectivity index (χ3n) is 4.12. The van der Waals surface area contributed by atoms with E-state index in [0.29, 0.717) is 15.9 Å². The molecule has 114 valence electrons. The van der Waals surface area contributed by atoms with Crippen LogP contribution in [-0.2, 0) is 0 Å². The molecule has 5 aromatic rings. The molecule has 0 bridgehead atoms. The molecule has 5 rings (SSSR count). The van der Waals surface area contributed by atoms with Gasteiger partial charge in [-0.05, 0) is 22.9 Å². The summed E-state index contributed by atoms with van der Waals surface area (Å²) in [6.45, 7) is 0. The Bertz CT molecular complexity index is 1280. The number of nitrogens with zero attached hydrogens (tertiary/aromatic N) is 3. The third-order valence-corrected chi connectivity index (χ3v) is 5.06. The Morgan fingerprint density at radius 2 is 1.58 bits per heavy atom. The van der Waals surface area contributed by atoms with E-state index in [1.54, 1.807) is 6.07 Å². The topological polar surface area (TPSA) is 47.3 Å². The summed E-state index contributed by atoms with van der Waals surface area (Å²) in [6, 6.07) is 21.7. The van der Waals surface area contributed by atoms with Gasteiger partial charge in [-0.25, -0.2) is 4.98 Å². The van der Waals surface area contributed by atoms with Crippen molar-refractivity contribution in [1.29, 1.82) is 0 Å². The highest BCUT2D eigenvalue weighted by molar-refractivity contribution is 7.20. The highest BCUT2D eigenvalue weighted by Crippen LogP contribution is 2.31. The molecule has 0 fully saturated rings. The predicted molar refractivity (Wildman–Crippen MR) is 97.6 cm³/mol. The standard InChI is InChI=1S/C19H11N3OS/c23-18-15-9-3-4-11-16(15)20-19-22(18)21-17(24-19)14-10-5-7-12-6-1-2-8-13(12)14/h1-11H. The van der Waals surface area contributed by atoms with Gasteiger partial charge in [-0.2, -0.15) is 9.61 Å². The van der Waals surface area contributed by atoms with E-state index in [1.165, 1.54) is 15.9 Å². The Morgan fingerprint density at radius 1 is 0.833 bits per heavy atom. The average Bonchev–Trinajstić information content (AvgIpc) is 3.05. The van der Waals surface area contributed by atoms with Crippen LogP contribution in [0.5, 0.6) is 0 Å². The molecule has 0 saturated carbocycles. The van der Waals surface area contributed by atoms with Gasteiger partial charge in [-0.1, -0.05) is 65.9 Å². The quantitative estimate of drug-likeness (QED) is 0.465. The van der Waals surface area contributed by atoms with Crippen LogP contribution in [0, 0.1) is 0 Å². The van der Waals surface area contributed by atoms with Gasteiger partial charge in [0.1, 0.15) is 5.01 Å². The van der Waals surface area contributed by atoms with Crippen molar-refractivity contribution >= 4 is 38.0 Å². The largest absolute Gasteiger partial charge is 0.283 e. The first-order valence-electron chi connectivity index (χ1n) is 7.58. The summed E-state index contributed by atoms with van der Waals surface area (Å²) in [5.41, 5.74) is 1.60. The molecule has 0 unspecified atom stereocenters. The van der Waals surface area contributed by atoms with Crippen LogP contribution >= 0.6 is 11.3 Å². The molecular formula is C19H11N3OS. The van der Waals surface area contributed by atoms with Crippen molar-refractivity contribution in [3.05, 3.63) is 77.1 Å². The maximum atomic E-state index is 12.7. The summed E-state index contributed by atoms with van der Waals surface area (Å²) in [4.78, 5) is 17.9. The van der Waals surface area contributed by atoms with Crippen molar-refractivity contribution < 1.29 is 0 Å². The molecule has 0 spiro atoms. The second kappa shape index (κ2) is 4.97. The van der Waals surface area contributed by atoms with E-state index in [0.717, 1.165) is 21.3 Å². The number of hydrogen-bond acceptors (Lipinski definition) is 4. The Hall–Kier alpha value is -3.05. The molecule has 5 heteroatoms. The molecule has 0 atom stereocenters. The van der Waals surface area contributed by atoms with Crippen molar-refractivity contribution in [2.45, 2.75) is 0 Å². The number of benzene rings is 3. The van der Waals surface area contributed by atoms with Crippen molar-refractivity contribution in [2.75, 3.05) is 0 Å². The minimum absolute atomic E-state index is 0.127. The molecule has 24 heavy (non-hydrogen) atoms. The number of rotatable bonds is 1. The highest BCUT2D eigenvalue weighted by atomic mass is 32.1. The number of hydrogen-bond donors (Lipinski definition) is 0. The van der Waals surface area contributed by atoms with Gasteiger partial charge in [0, 0.05) is 5.56 Å². The fourth-order valence-corrected chi connectivity index (χ4v) is 3.91. The molecule has 0 saturated heterocycles. The maximum Gasteiger partial charge on any atom is 0.283 e. The first-order valence-corrected chi connectivity index (χ1v) is 8.40. The molecule has 0 amide bonds. The van der Waals surface area contributed by atoms with Crippen molar-refractivity contribution in [2.24, 2.45) is 0 Å². The van der Waals surface area contributed by atoms with E-state index in [4.69, 9.17) is 0 Å². The summed E-state index contributed by atoms with van der Waals surface area (Å²) in [6.07, 6.45) is 0. The lowest BCUT2D eigenvalue weighted by molar-refractivity contribution is 0.920. The summed E-state index contributed by atoms with van der Waals surface area (Å²) in [5.74, 6) is 0. The molecule has 0 N–H and O–H groups in total. The lowest BCUT2D eigenvalue weighted by Crippen LogP contribution is -2.14. The number of aromatic nitrogens is 3. The summed E-state index contributed by atoms with van der Waals surface area (Å²) >= 11 is 1.43. The van der Waals surface area contributed by atoms with Crippen LogP contribution in [0.3, 0.4) is 0 Å². The van der Waals surface area contributed by atoms with Crippen LogP contribution in [-0.4, -0.2) is 14.6 Å². The minimum atomic E-state index is -0.127. The number of para-hydroxylation sites is 1. The van der Waals surface area contributed by atoms with Gasteiger partial charge in [-0.15, -0.1) is 0 Å². The van der Waals surface area contributed by atoms with E-state index in [1.807, 2.05) is 42.5 Å². The van der Waals surface area contributed by atoms with E-state index in [2.05, 4.69) is 28.3 Å². The van der Waals surface area contributed by atoms with Gasteiger partial charge in [0.25, 0.3) is 5.56 Å². The second-order valence-electron chi connectivity index (χ2n) is 5.56. The fourth-order valence-electron chi connectivity index (χ4n) is 2.98. The lowest BCUT2D eigenvalue weighted by atomic mass is 10.1. The highest BCUT2D eigenvalue weighted by Gasteiger charge is 2.13. The third kappa shape index (κ3) is 1.88. The zero-order valence-corrected chi connectivity index (χ0v) is 13.3. The Labute approximate surface area is 140 Å². The van der Waals surface area contributed by atoms with Crippen LogP contribution in [0.25, 0.3) is 37.2 Å². The second-order valence-corrected chi connectivity index (χ2v) is 6.52. The fraction of sp³-hybridized carbons (Fsp3) is 0. The smallest absolute Gasteiger partial charge is 0.267 e. The van der Waals surface area contributed by atoms with Crippen LogP contribution in [0.15, 0.2) is 71.5 Å². The normalized spacial score (nSPS) is 11.5. The maximum absolute atomic E-state index is 12.7. The Morgan fingerprint density at radius 3 is 2.50 bits per heavy atom. The van der Waals surface area contributed by atoms with Crippen LogP contribution in [0.4, 0.5) is 0 Å². The van der Waals surface area contributed by atoms with Gasteiger partial charge in [0.15, 0.2) is 0 Å². The predicted octanol–water partition coefficient (Wildman–Crippen LogP) is 4.12. The van der Waals surface area contributed by atoms with Gasteiger partial charge in [-0.3, -0.25) is 4.79 Å². The summed E-state index contributed by atoms with van der Waals surface area (Å²) < 4.78 is 1.41. The van der Waals surface area contributed by atoms with Gasteiger partial charge in [0.2, 0.25) is 4.96 Å². The van der Waals surface area contributed by atoms with Gasteiger partial charge < -0.3 is 0 Å². The van der Waals surface area contributed by atoms with E-state index >= 15 is 0 Å². The molecule has 2 heterocycles. The summed E-state index contributed by atoms with van der Waals surface area (Å²) in [5, 5.41) is 8.20. The molecule has 0 aliphatic rings.